The molecule has 0 spiro atoms. The third kappa shape index (κ3) is 2.66. The molecule has 5 nitrogen and oxygen atoms in total. The number of nitrogens with zero attached hydrogens (tertiary/aromatic N) is 2. The van der Waals surface area contributed by atoms with Gasteiger partial charge in [0.2, 0.25) is 5.95 Å². The highest BCUT2D eigenvalue weighted by Gasteiger charge is 2.48. The number of rotatable bonds is 5. The molecule has 1 aliphatic rings. The van der Waals surface area contributed by atoms with Crippen LogP contribution >= 0.6 is 0 Å². The van der Waals surface area contributed by atoms with E-state index in [1.807, 2.05) is 20.0 Å². The Bertz CT molecular complexity index is 447. The highest BCUT2D eigenvalue weighted by Crippen LogP contribution is 2.44. The monoisotopic (exact) mass is 264 g/mol. The Morgan fingerprint density at radius 1 is 1.47 bits per heavy atom. The number of nitrogens with one attached hydrogen (secondary N) is 2. The largest absolute Gasteiger partial charge is 0.381 e. The van der Waals surface area contributed by atoms with Gasteiger partial charge in [0.1, 0.15) is 5.82 Å². The molecule has 106 valence electrons. The van der Waals surface area contributed by atoms with E-state index in [-0.39, 0.29) is 5.41 Å². The van der Waals surface area contributed by atoms with E-state index in [9.17, 15) is 0 Å². The Labute approximate surface area is 115 Å². The van der Waals surface area contributed by atoms with Crippen molar-refractivity contribution >= 4 is 11.8 Å². The van der Waals surface area contributed by atoms with Crippen LogP contribution in [0, 0.1) is 12.3 Å². The molecule has 1 heterocycles. The first-order chi connectivity index (χ1) is 8.98. The Balaban J connectivity index is 2.09. The van der Waals surface area contributed by atoms with Crippen LogP contribution in [-0.4, -0.2) is 35.8 Å². The standard InChI is InChI=1S/C14H24N4O/c1-6-15-13-16-8-9(2)12(18-13)17-10-7-11(19-5)14(10,3)4/h8,10-11H,6-7H2,1-5H3,(H2,15,16,17,18). The molecule has 1 aromatic heterocycles. The molecule has 1 aromatic rings. The van der Waals surface area contributed by atoms with Gasteiger partial charge >= 0.3 is 0 Å². The maximum absolute atomic E-state index is 5.48. The summed E-state index contributed by atoms with van der Waals surface area (Å²) in [7, 11) is 1.78. The SMILES string of the molecule is CCNc1ncc(C)c(NC2CC(OC)C2(C)C)n1. The lowest BCUT2D eigenvalue weighted by molar-refractivity contribution is -0.0795. The topological polar surface area (TPSA) is 59.1 Å². The molecule has 0 amide bonds. The van der Waals surface area contributed by atoms with Crippen LogP contribution in [0.4, 0.5) is 11.8 Å². The summed E-state index contributed by atoms with van der Waals surface area (Å²) in [6.45, 7) is 9.34. The number of anilines is 2. The fourth-order valence-corrected chi connectivity index (χ4v) is 2.53. The smallest absolute Gasteiger partial charge is 0.224 e. The van der Waals surface area contributed by atoms with Crippen LogP contribution < -0.4 is 10.6 Å². The van der Waals surface area contributed by atoms with Crippen molar-refractivity contribution in [2.45, 2.75) is 46.3 Å². The molecule has 2 rings (SSSR count). The summed E-state index contributed by atoms with van der Waals surface area (Å²) in [4.78, 5) is 8.79. The normalized spacial score (nSPS) is 24.7. The van der Waals surface area contributed by atoms with Crippen molar-refractivity contribution in [3.8, 4) is 0 Å². The molecule has 1 aliphatic carbocycles. The number of aryl methyl sites for hydroxylation is 1. The van der Waals surface area contributed by atoms with E-state index < -0.39 is 0 Å². The minimum atomic E-state index is 0.129. The highest BCUT2D eigenvalue weighted by molar-refractivity contribution is 5.48. The van der Waals surface area contributed by atoms with Gasteiger partial charge in [0.15, 0.2) is 0 Å². The van der Waals surface area contributed by atoms with E-state index in [2.05, 4.69) is 34.4 Å². The molecule has 0 aromatic carbocycles. The molecule has 2 N–H and O–H groups in total. The zero-order valence-corrected chi connectivity index (χ0v) is 12.4. The van der Waals surface area contributed by atoms with Crippen molar-refractivity contribution in [3.05, 3.63) is 11.8 Å². The van der Waals surface area contributed by atoms with E-state index in [4.69, 9.17) is 4.74 Å². The van der Waals surface area contributed by atoms with E-state index in [0.717, 1.165) is 24.3 Å². The third-order valence-corrected chi connectivity index (χ3v) is 4.08. The van der Waals surface area contributed by atoms with Crippen molar-refractivity contribution < 1.29 is 4.74 Å². The number of ether oxygens (including phenoxy) is 1. The summed E-state index contributed by atoms with van der Waals surface area (Å²) in [5.74, 6) is 1.59. The molecular weight excluding hydrogens is 240 g/mol. The summed E-state index contributed by atoms with van der Waals surface area (Å²) in [6.07, 6.45) is 3.19. The van der Waals surface area contributed by atoms with Crippen LogP contribution in [0.2, 0.25) is 0 Å². The van der Waals surface area contributed by atoms with Gasteiger partial charge in [-0.1, -0.05) is 13.8 Å². The summed E-state index contributed by atoms with van der Waals surface area (Å²) in [5, 5.41) is 6.67. The Morgan fingerprint density at radius 2 is 2.21 bits per heavy atom. The molecule has 19 heavy (non-hydrogen) atoms. The second kappa shape index (κ2) is 5.33. The van der Waals surface area contributed by atoms with Crippen molar-refractivity contribution in [1.29, 1.82) is 0 Å². The number of hydrogen-bond donors (Lipinski definition) is 2. The second-order valence-electron chi connectivity index (χ2n) is 5.73. The summed E-state index contributed by atoms with van der Waals surface area (Å²) >= 11 is 0. The van der Waals surface area contributed by atoms with E-state index in [0.29, 0.717) is 18.1 Å². The Kier molecular flexibility index (Phi) is 3.94. The lowest BCUT2D eigenvalue weighted by Gasteiger charge is -2.51. The van der Waals surface area contributed by atoms with E-state index in [1.54, 1.807) is 7.11 Å². The van der Waals surface area contributed by atoms with E-state index in [1.165, 1.54) is 0 Å². The van der Waals surface area contributed by atoms with Gasteiger partial charge in [-0.25, -0.2) is 4.98 Å². The third-order valence-electron chi connectivity index (χ3n) is 4.08. The Hall–Kier alpha value is -1.36. The minimum Gasteiger partial charge on any atom is -0.381 e. The van der Waals surface area contributed by atoms with Gasteiger partial charge in [-0.2, -0.15) is 4.98 Å². The Morgan fingerprint density at radius 3 is 2.79 bits per heavy atom. The maximum Gasteiger partial charge on any atom is 0.224 e. The summed E-state index contributed by atoms with van der Waals surface area (Å²) in [5.41, 5.74) is 1.20. The van der Waals surface area contributed by atoms with E-state index >= 15 is 0 Å². The van der Waals surface area contributed by atoms with Crippen molar-refractivity contribution in [2.24, 2.45) is 5.41 Å². The van der Waals surface area contributed by atoms with Crippen LogP contribution in [0.15, 0.2) is 6.20 Å². The van der Waals surface area contributed by atoms with Crippen LogP contribution in [0.1, 0.15) is 32.8 Å². The molecular formula is C14H24N4O. The molecule has 2 unspecified atom stereocenters. The van der Waals surface area contributed by atoms with Crippen LogP contribution in [0.25, 0.3) is 0 Å². The summed E-state index contributed by atoms with van der Waals surface area (Å²) < 4.78 is 5.48. The van der Waals surface area contributed by atoms with Gasteiger partial charge in [-0.05, 0) is 20.3 Å². The van der Waals surface area contributed by atoms with Gasteiger partial charge < -0.3 is 15.4 Å². The first kappa shape index (κ1) is 14.1. The number of aromatic nitrogens is 2. The van der Waals surface area contributed by atoms with Gasteiger partial charge in [-0.15, -0.1) is 0 Å². The van der Waals surface area contributed by atoms with Gasteiger partial charge in [0, 0.05) is 36.9 Å². The average Bonchev–Trinajstić information content (AvgIpc) is 2.37. The predicted octanol–water partition coefficient (Wildman–Crippen LogP) is 2.44. The first-order valence-corrected chi connectivity index (χ1v) is 6.85. The predicted molar refractivity (Wildman–Crippen MR) is 77.5 cm³/mol. The average molecular weight is 264 g/mol. The van der Waals surface area contributed by atoms with Crippen molar-refractivity contribution in [2.75, 3.05) is 24.3 Å². The van der Waals surface area contributed by atoms with Gasteiger partial charge in [0.25, 0.3) is 0 Å². The molecule has 0 bridgehead atoms. The van der Waals surface area contributed by atoms with Crippen molar-refractivity contribution in [1.82, 2.24) is 9.97 Å². The molecule has 0 aliphatic heterocycles. The zero-order valence-electron chi connectivity index (χ0n) is 12.4. The van der Waals surface area contributed by atoms with Crippen molar-refractivity contribution in [3.63, 3.8) is 0 Å². The summed E-state index contributed by atoms with van der Waals surface area (Å²) in [6, 6.07) is 0.389. The quantitative estimate of drug-likeness (QED) is 0.855. The highest BCUT2D eigenvalue weighted by atomic mass is 16.5. The number of hydrogen-bond acceptors (Lipinski definition) is 5. The maximum atomic E-state index is 5.48. The molecule has 5 heteroatoms. The van der Waals surface area contributed by atoms with Gasteiger partial charge in [-0.3, -0.25) is 0 Å². The van der Waals surface area contributed by atoms with Gasteiger partial charge in [0.05, 0.1) is 6.10 Å². The first-order valence-electron chi connectivity index (χ1n) is 6.85. The second-order valence-corrected chi connectivity index (χ2v) is 5.73. The lowest BCUT2D eigenvalue weighted by Crippen LogP contribution is -2.57. The molecule has 1 saturated carbocycles. The van der Waals surface area contributed by atoms with Crippen LogP contribution in [0.3, 0.4) is 0 Å². The lowest BCUT2D eigenvalue weighted by atomic mass is 9.64. The molecule has 0 radical (unpaired) electrons. The fraction of sp³-hybridized carbons (Fsp3) is 0.714. The minimum absolute atomic E-state index is 0.129. The van der Waals surface area contributed by atoms with Crippen LogP contribution in [0.5, 0.6) is 0 Å². The van der Waals surface area contributed by atoms with Crippen LogP contribution in [-0.2, 0) is 4.74 Å². The molecule has 2 atom stereocenters. The zero-order chi connectivity index (χ0) is 14.0. The molecule has 1 fully saturated rings. The molecule has 0 saturated heterocycles. The number of methoxy groups -OCH3 is 1. The fourth-order valence-electron chi connectivity index (χ4n) is 2.53.